The molecular formula is C25H27ClFN5. The lowest BCUT2D eigenvalue weighted by Gasteiger charge is -2.33. The molecule has 2 N–H and O–H groups in total. The summed E-state index contributed by atoms with van der Waals surface area (Å²) < 4.78 is 14.8. The summed E-state index contributed by atoms with van der Waals surface area (Å²) in [4.78, 5) is 8.55. The summed E-state index contributed by atoms with van der Waals surface area (Å²) in [6, 6.07) is 6.73. The standard InChI is InChI=1S/C25H27ClFN5/c1-15(2)29-16(3)21-14-28-9-8-23(21)30-24-13-19(20-12-18(26)6-7-22(20)27)17(4)32-11-10-31(5)25(24)32/h6-9,12-15,29H,3-4,10-11H2,1-2,5H3,(H,28,30). The van der Waals surface area contributed by atoms with Crippen molar-refractivity contribution in [3.05, 3.63) is 95.1 Å². The highest BCUT2D eigenvalue weighted by Gasteiger charge is 2.33. The van der Waals surface area contributed by atoms with Crippen molar-refractivity contribution in [2.45, 2.75) is 19.9 Å². The molecule has 0 aliphatic carbocycles. The fourth-order valence-corrected chi connectivity index (χ4v) is 4.24. The predicted molar refractivity (Wildman–Crippen MR) is 130 cm³/mol. The first-order valence-corrected chi connectivity index (χ1v) is 10.9. The first-order chi connectivity index (χ1) is 15.3. The van der Waals surface area contributed by atoms with Crippen molar-refractivity contribution in [2.75, 3.05) is 25.5 Å². The summed E-state index contributed by atoms with van der Waals surface area (Å²) in [5.74, 6) is 0.655. The van der Waals surface area contributed by atoms with E-state index in [0.717, 1.165) is 47.3 Å². The Morgan fingerprint density at radius 1 is 1.25 bits per heavy atom. The van der Waals surface area contributed by atoms with E-state index in [1.165, 1.54) is 6.07 Å². The third-order valence-corrected chi connectivity index (χ3v) is 5.77. The molecule has 32 heavy (non-hydrogen) atoms. The largest absolute Gasteiger partial charge is 0.383 e. The fraction of sp³-hybridized carbons (Fsp3) is 0.240. The average Bonchev–Trinajstić information content (AvgIpc) is 3.14. The minimum Gasteiger partial charge on any atom is -0.383 e. The van der Waals surface area contributed by atoms with Gasteiger partial charge in [-0.05, 0) is 44.2 Å². The number of allylic oxidation sites excluding steroid dienone is 2. The number of fused-ring (bicyclic) bond motifs is 1. The molecule has 7 heteroatoms. The average molecular weight is 452 g/mol. The van der Waals surface area contributed by atoms with Gasteiger partial charge in [-0.2, -0.15) is 0 Å². The van der Waals surface area contributed by atoms with Gasteiger partial charge < -0.3 is 20.4 Å². The second-order valence-electron chi connectivity index (χ2n) is 8.26. The van der Waals surface area contributed by atoms with Crippen LogP contribution in [-0.2, 0) is 0 Å². The zero-order valence-electron chi connectivity index (χ0n) is 18.5. The number of aromatic nitrogens is 1. The van der Waals surface area contributed by atoms with E-state index in [1.807, 2.05) is 19.2 Å². The van der Waals surface area contributed by atoms with E-state index in [1.54, 1.807) is 24.5 Å². The van der Waals surface area contributed by atoms with Gasteiger partial charge in [0.1, 0.15) is 11.6 Å². The zero-order chi connectivity index (χ0) is 23.0. The molecule has 0 saturated carbocycles. The molecule has 1 saturated heterocycles. The molecule has 1 aromatic carbocycles. The minimum absolute atomic E-state index is 0.240. The van der Waals surface area contributed by atoms with Crippen LogP contribution in [0.15, 0.2) is 73.1 Å². The number of rotatable bonds is 6. The molecule has 5 nitrogen and oxygen atoms in total. The summed E-state index contributed by atoms with van der Waals surface area (Å²) >= 11 is 6.18. The second kappa shape index (κ2) is 8.71. The Labute approximate surface area is 193 Å². The van der Waals surface area contributed by atoms with E-state index in [9.17, 15) is 4.39 Å². The number of hydrogen-bond donors (Lipinski definition) is 2. The molecular weight excluding hydrogens is 425 g/mol. The van der Waals surface area contributed by atoms with Crippen molar-refractivity contribution in [3.63, 3.8) is 0 Å². The van der Waals surface area contributed by atoms with Gasteiger partial charge in [0.2, 0.25) is 0 Å². The number of benzene rings is 1. The normalized spacial score (nSPS) is 15.8. The van der Waals surface area contributed by atoms with Crippen LogP contribution in [0.5, 0.6) is 0 Å². The van der Waals surface area contributed by atoms with Gasteiger partial charge in [0, 0.05) is 71.7 Å². The Hall–Kier alpha value is -3.25. The van der Waals surface area contributed by atoms with Crippen molar-refractivity contribution in [1.29, 1.82) is 0 Å². The molecule has 2 aromatic rings. The highest BCUT2D eigenvalue weighted by Crippen LogP contribution is 2.40. The SMILES string of the molecule is C=C(NC(C)C)c1cnccc1NC1=C2N(C)CCN2C(=C)C(c2cc(Cl)ccc2F)=C1. The summed E-state index contributed by atoms with van der Waals surface area (Å²) in [6.45, 7) is 14.2. The van der Waals surface area contributed by atoms with Gasteiger partial charge in [-0.3, -0.25) is 4.98 Å². The maximum Gasteiger partial charge on any atom is 0.133 e. The molecule has 2 aliphatic rings. The van der Waals surface area contributed by atoms with E-state index in [4.69, 9.17) is 11.6 Å². The molecule has 166 valence electrons. The van der Waals surface area contributed by atoms with Crippen molar-refractivity contribution < 1.29 is 4.39 Å². The maximum atomic E-state index is 14.8. The Kier molecular flexibility index (Phi) is 5.98. The van der Waals surface area contributed by atoms with Crippen molar-refractivity contribution in [2.24, 2.45) is 0 Å². The highest BCUT2D eigenvalue weighted by atomic mass is 35.5. The molecule has 1 fully saturated rings. The first kappa shape index (κ1) is 22.0. The molecule has 0 radical (unpaired) electrons. The van der Waals surface area contributed by atoms with E-state index in [0.29, 0.717) is 16.2 Å². The lowest BCUT2D eigenvalue weighted by molar-refractivity contribution is 0.428. The predicted octanol–water partition coefficient (Wildman–Crippen LogP) is 5.28. The monoisotopic (exact) mass is 451 g/mol. The van der Waals surface area contributed by atoms with E-state index < -0.39 is 0 Å². The van der Waals surface area contributed by atoms with Crippen molar-refractivity contribution in [1.82, 2.24) is 20.1 Å². The number of likely N-dealkylation sites (N-methyl/N-ethyl adjacent to an activating group) is 1. The second-order valence-corrected chi connectivity index (χ2v) is 8.70. The molecule has 1 aromatic heterocycles. The number of hydrogen-bond acceptors (Lipinski definition) is 5. The molecule has 3 heterocycles. The van der Waals surface area contributed by atoms with Crippen LogP contribution in [0.3, 0.4) is 0 Å². The van der Waals surface area contributed by atoms with Gasteiger partial charge in [0.15, 0.2) is 0 Å². The number of nitrogens with zero attached hydrogens (tertiary/aromatic N) is 3. The summed E-state index contributed by atoms with van der Waals surface area (Å²) in [5, 5.41) is 7.36. The molecule has 0 bridgehead atoms. The molecule has 2 aliphatic heterocycles. The number of nitrogens with one attached hydrogen (secondary N) is 2. The molecule has 0 spiro atoms. The summed E-state index contributed by atoms with van der Waals surface area (Å²) in [7, 11) is 2.04. The van der Waals surface area contributed by atoms with Crippen LogP contribution in [0.1, 0.15) is 25.0 Å². The molecule has 0 atom stereocenters. The van der Waals surface area contributed by atoms with Gasteiger partial charge >= 0.3 is 0 Å². The fourth-order valence-electron chi connectivity index (χ4n) is 4.06. The number of anilines is 1. The van der Waals surface area contributed by atoms with Crippen LogP contribution in [0.4, 0.5) is 10.1 Å². The third-order valence-electron chi connectivity index (χ3n) is 5.54. The smallest absolute Gasteiger partial charge is 0.133 e. The summed E-state index contributed by atoms with van der Waals surface area (Å²) in [6.07, 6.45) is 5.46. The van der Waals surface area contributed by atoms with E-state index in [-0.39, 0.29) is 11.9 Å². The van der Waals surface area contributed by atoms with Gasteiger partial charge in [0.25, 0.3) is 0 Å². The van der Waals surface area contributed by atoms with Gasteiger partial charge in [-0.25, -0.2) is 4.39 Å². The van der Waals surface area contributed by atoms with Gasteiger partial charge in [-0.1, -0.05) is 24.8 Å². The molecule has 0 amide bonds. The zero-order valence-corrected chi connectivity index (χ0v) is 19.3. The van der Waals surface area contributed by atoms with Crippen LogP contribution in [0.25, 0.3) is 11.3 Å². The quantitative estimate of drug-likeness (QED) is 0.625. The Morgan fingerprint density at radius 3 is 2.78 bits per heavy atom. The van der Waals surface area contributed by atoms with Gasteiger partial charge in [0.05, 0.1) is 11.4 Å². The van der Waals surface area contributed by atoms with E-state index >= 15 is 0 Å². The van der Waals surface area contributed by atoms with Gasteiger partial charge in [-0.15, -0.1) is 0 Å². The van der Waals surface area contributed by atoms with Crippen LogP contribution >= 0.6 is 11.6 Å². The summed E-state index contributed by atoms with van der Waals surface area (Å²) in [5.41, 5.74) is 5.22. The van der Waals surface area contributed by atoms with E-state index in [2.05, 4.69) is 52.4 Å². The van der Waals surface area contributed by atoms with Crippen LogP contribution in [0, 0.1) is 5.82 Å². The Bertz CT molecular complexity index is 1150. The third kappa shape index (κ3) is 4.10. The minimum atomic E-state index is -0.337. The van der Waals surface area contributed by atoms with Crippen molar-refractivity contribution in [3.8, 4) is 0 Å². The number of pyridine rings is 1. The number of halogens is 2. The Balaban J connectivity index is 1.80. The van der Waals surface area contributed by atoms with Crippen molar-refractivity contribution >= 4 is 28.6 Å². The van der Waals surface area contributed by atoms with Crippen LogP contribution in [-0.4, -0.2) is 41.0 Å². The first-order valence-electron chi connectivity index (χ1n) is 10.5. The Morgan fingerprint density at radius 2 is 2.03 bits per heavy atom. The topological polar surface area (TPSA) is 43.4 Å². The lowest BCUT2D eigenvalue weighted by Crippen LogP contribution is -2.28. The maximum absolute atomic E-state index is 14.8. The molecule has 0 unspecified atom stereocenters. The molecule has 4 rings (SSSR count). The van der Waals surface area contributed by atoms with Crippen LogP contribution < -0.4 is 10.6 Å². The lowest BCUT2D eigenvalue weighted by atomic mass is 9.98. The highest BCUT2D eigenvalue weighted by molar-refractivity contribution is 6.30. The van der Waals surface area contributed by atoms with Crippen LogP contribution in [0.2, 0.25) is 5.02 Å².